The first-order valence-corrected chi connectivity index (χ1v) is 9.70. The number of rotatable bonds is 4. The Morgan fingerprint density at radius 1 is 1.25 bits per heavy atom. The molecule has 4 aromatic rings. The van der Waals surface area contributed by atoms with E-state index in [4.69, 9.17) is 10.5 Å². The highest BCUT2D eigenvalue weighted by Gasteiger charge is 2.21. The highest BCUT2D eigenvalue weighted by Crippen LogP contribution is 2.37. The normalized spacial score (nSPS) is 11.1. The summed E-state index contributed by atoms with van der Waals surface area (Å²) in [6, 6.07) is 6.32. The molecule has 0 amide bonds. The van der Waals surface area contributed by atoms with Crippen molar-refractivity contribution in [3.05, 3.63) is 52.8 Å². The third-order valence-electron chi connectivity index (χ3n) is 4.67. The van der Waals surface area contributed by atoms with Crippen molar-refractivity contribution in [3.8, 4) is 16.9 Å². The van der Waals surface area contributed by atoms with Gasteiger partial charge in [0.1, 0.15) is 22.5 Å². The van der Waals surface area contributed by atoms with E-state index in [2.05, 4.69) is 52.5 Å². The van der Waals surface area contributed by atoms with Crippen LogP contribution < -0.4 is 5.73 Å². The zero-order valence-corrected chi connectivity index (χ0v) is 16.6. The number of nitrogen functional groups attached to an aromatic ring is 1. The number of thiophene rings is 1. The number of benzene rings is 1. The molecule has 0 spiro atoms. The van der Waals surface area contributed by atoms with Gasteiger partial charge in [0.2, 0.25) is 0 Å². The van der Waals surface area contributed by atoms with Gasteiger partial charge in [-0.05, 0) is 37.5 Å². The molecule has 8 heteroatoms. The molecule has 0 saturated carbocycles. The molecular formula is C20H19N5O2S. The van der Waals surface area contributed by atoms with E-state index >= 15 is 0 Å². The van der Waals surface area contributed by atoms with E-state index in [1.165, 1.54) is 39.7 Å². The van der Waals surface area contributed by atoms with Gasteiger partial charge in [-0.3, -0.25) is 0 Å². The number of aromatic nitrogens is 4. The number of anilines is 1. The van der Waals surface area contributed by atoms with Gasteiger partial charge >= 0.3 is 5.97 Å². The van der Waals surface area contributed by atoms with Crippen molar-refractivity contribution >= 4 is 33.3 Å². The molecule has 0 radical (unpaired) electrons. The lowest BCUT2D eigenvalue weighted by molar-refractivity contribution is 0.0527. The first kappa shape index (κ1) is 18.1. The van der Waals surface area contributed by atoms with Gasteiger partial charge in [-0.15, -0.1) is 11.3 Å². The largest absolute Gasteiger partial charge is 0.462 e. The third kappa shape index (κ3) is 2.91. The summed E-state index contributed by atoms with van der Waals surface area (Å²) in [6.45, 7) is 6.18. The average molecular weight is 393 g/mol. The molecule has 142 valence electrons. The minimum atomic E-state index is -0.503. The van der Waals surface area contributed by atoms with Crippen LogP contribution in [0.2, 0.25) is 0 Å². The van der Waals surface area contributed by atoms with Gasteiger partial charge in [0.25, 0.3) is 0 Å². The lowest BCUT2D eigenvalue weighted by Crippen LogP contribution is -2.10. The molecule has 28 heavy (non-hydrogen) atoms. The number of carbonyl (C=O) groups excluding carboxylic acids is 1. The number of hydrogen-bond donors (Lipinski definition) is 1. The van der Waals surface area contributed by atoms with E-state index < -0.39 is 5.97 Å². The number of nitrogens with two attached hydrogens (primary N) is 1. The predicted octanol–water partition coefficient (Wildman–Crippen LogP) is 3.92. The third-order valence-corrected chi connectivity index (χ3v) is 5.56. The van der Waals surface area contributed by atoms with E-state index in [0.29, 0.717) is 5.82 Å². The van der Waals surface area contributed by atoms with Crippen molar-refractivity contribution in [2.75, 3.05) is 12.3 Å². The minimum absolute atomic E-state index is 0.190. The Balaban J connectivity index is 1.91. The molecule has 3 heterocycles. The quantitative estimate of drug-likeness (QED) is 0.528. The number of fused-ring (bicyclic) bond motifs is 1. The molecule has 0 unspecified atom stereocenters. The van der Waals surface area contributed by atoms with Crippen molar-refractivity contribution in [3.63, 3.8) is 0 Å². The molecule has 0 atom stereocenters. The predicted molar refractivity (Wildman–Crippen MR) is 110 cm³/mol. The molecule has 7 nitrogen and oxygen atoms in total. The van der Waals surface area contributed by atoms with E-state index in [-0.39, 0.29) is 18.0 Å². The standard InChI is InChI=1S/C20H19N5O2S/c1-4-27-20(26)14-8-24-25(17(14)21)18-16-15(9-28-19(16)23-10-22-18)13-6-5-11(2)12(3)7-13/h5-10H,4,21H2,1-3H3. The van der Waals surface area contributed by atoms with Crippen LogP contribution in [-0.4, -0.2) is 32.3 Å². The average Bonchev–Trinajstić information content (AvgIpc) is 3.28. The lowest BCUT2D eigenvalue weighted by Gasteiger charge is -2.09. The zero-order chi connectivity index (χ0) is 19.8. The maximum absolute atomic E-state index is 12.1. The molecule has 0 aliphatic carbocycles. The fourth-order valence-electron chi connectivity index (χ4n) is 3.03. The van der Waals surface area contributed by atoms with Crippen LogP contribution in [0.4, 0.5) is 5.82 Å². The maximum Gasteiger partial charge on any atom is 0.343 e. The minimum Gasteiger partial charge on any atom is -0.462 e. The second-order valence-electron chi connectivity index (χ2n) is 6.40. The Kier molecular flexibility index (Phi) is 4.56. The number of aryl methyl sites for hydroxylation is 2. The summed E-state index contributed by atoms with van der Waals surface area (Å²) in [4.78, 5) is 21.7. The Morgan fingerprint density at radius 2 is 2.07 bits per heavy atom. The fourth-order valence-corrected chi connectivity index (χ4v) is 3.94. The molecule has 0 fully saturated rings. The van der Waals surface area contributed by atoms with Crippen molar-refractivity contribution < 1.29 is 9.53 Å². The summed E-state index contributed by atoms with van der Waals surface area (Å²) >= 11 is 1.53. The van der Waals surface area contributed by atoms with Crippen LogP contribution in [0.3, 0.4) is 0 Å². The monoisotopic (exact) mass is 393 g/mol. The number of nitrogens with zero attached hydrogens (tertiary/aromatic N) is 4. The van der Waals surface area contributed by atoms with E-state index in [0.717, 1.165) is 21.3 Å². The van der Waals surface area contributed by atoms with Gasteiger partial charge in [0.05, 0.1) is 18.2 Å². The Bertz CT molecular complexity index is 1190. The van der Waals surface area contributed by atoms with E-state index in [1.54, 1.807) is 6.92 Å². The van der Waals surface area contributed by atoms with Gasteiger partial charge in [0, 0.05) is 10.9 Å². The highest BCUT2D eigenvalue weighted by atomic mass is 32.1. The van der Waals surface area contributed by atoms with Crippen molar-refractivity contribution in [1.29, 1.82) is 0 Å². The summed E-state index contributed by atoms with van der Waals surface area (Å²) in [5, 5.41) is 7.19. The van der Waals surface area contributed by atoms with E-state index in [9.17, 15) is 4.79 Å². The van der Waals surface area contributed by atoms with Crippen LogP contribution in [0.25, 0.3) is 27.2 Å². The molecule has 1 aromatic carbocycles. The number of ether oxygens (including phenoxy) is 1. The van der Waals surface area contributed by atoms with Crippen LogP contribution in [0.1, 0.15) is 28.4 Å². The van der Waals surface area contributed by atoms with Crippen LogP contribution in [0.5, 0.6) is 0 Å². The number of esters is 1. The Hall–Kier alpha value is -3.26. The second kappa shape index (κ2) is 7.05. The summed E-state index contributed by atoms with van der Waals surface area (Å²) in [5.74, 6) is 0.222. The first-order chi connectivity index (χ1) is 13.5. The van der Waals surface area contributed by atoms with Gasteiger partial charge in [-0.25, -0.2) is 14.8 Å². The maximum atomic E-state index is 12.1. The molecular weight excluding hydrogens is 374 g/mol. The topological polar surface area (TPSA) is 95.9 Å². The summed E-state index contributed by atoms with van der Waals surface area (Å²) in [6.07, 6.45) is 2.88. The fraction of sp³-hybridized carbons (Fsp3) is 0.200. The Morgan fingerprint density at radius 3 is 2.82 bits per heavy atom. The second-order valence-corrected chi connectivity index (χ2v) is 7.26. The number of carbonyl (C=O) groups is 1. The zero-order valence-electron chi connectivity index (χ0n) is 15.8. The van der Waals surface area contributed by atoms with E-state index in [1.807, 2.05) is 0 Å². The molecule has 3 aromatic heterocycles. The van der Waals surface area contributed by atoms with Gasteiger partial charge < -0.3 is 10.5 Å². The smallest absolute Gasteiger partial charge is 0.343 e. The molecule has 4 rings (SSSR count). The molecule has 0 saturated heterocycles. The van der Waals surface area contributed by atoms with Gasteiger partial charge in [0.15, 0.2) is 5.82 Å². The van der Waals surface area contributed by atoms with Crippen LogP contribution >= 0.6 is 11.3 Å². The summed E-state index contributed by atoms with van der Waals surface area (Å²) in [7, 11) is 0. The van der Waals surface area contributed by atoms with Crippen LogP contribution in [0.15, 0.2) is 36.1 Å². The van der Waals surface area contributed by atoms with Crippen LogP contribution in [0, 0.1) is 13.8 Å². The van der Waals surface area contributed by atoms with Gasteiger partial charge in [-0.2, -0.15) is 9.78 Å². The summed E-state index contributed by atoms with van der Waals surface area (Å²) < 4.78 is 6.51. The molecule has 0 bridgehead atoms. The summed E-state index contributed by atoms with van der Waals surface area (Å²) in [5.41, 5.74) is 10.9. The SMILES string of the molecule is CCOC(=O)c1cnn(-c2ncnc3scc(-c4ccc(C)c(C)c4)c23)c1N. The lowest BCUT2D eigenvalue weighted by atomic mass is 10.0. The Labute approximate surface area is 165 Å². The first-order valence-electron chi connectivity index (χ1n) is 8.82. The van der Waals surface area contributed by atoms with Crippen molar-refractivity contribution in [2.24, 2.45) is 0 Å². The van der Waals surface area contributed by atoms with Crippen molar-refractivity contribution in [2.45, 2.75) is 20.8 Å². The highest BCUT2D eigenvalue weighted by molar-refractivity contribution is 7.17. The molecule has 0 aliphatic heterocycles. The number of hydrogen-bond acceptors (Lipinski definition) is 7. The van der Waals surface area contributed by atoms with Gasteiger partial charge in [-0.1, -0.05) is 18.2 Å². The van der Waals surface area contributed by atoms with Crippen molar-refractivity contribution in [1.82, 2.24) is 19.7 Å². The molecule has 0 aliphatic rings. The molecule has 2 N–H and O–H groups in total. The van der Waals surface area contributed by atoms with Crippen LogP contribution in [-0.2, 0) is 4.74 Å².